The number of carbonyl (C=O) groups is 1. The maximum absolute atomic E-state index is 13.0. The summed E-state index contributed by atoms with van der Waals surface area (Å²) < 4.78 is 13.0. The summed E-state index contributed by atoms with van der Waals surface area (Å²) in [6.45, 7) is 3.71. The van der Waals surface area contributed by atoms with Crippen molar-refractivity contribution in [2.24, 2.45) is 0 Å². The quantitative estimate of drug-likeness (QED) is 0.922. The van der Waals surface area contributed by atoms with Crippen LogP contribution in [-0.2, 0) is 4.79 Å². The summed E-state index contributed by atoms with van der Waals surface area (Å²) in [6, 6.07) is 14.2. The van der Waals surface area contributed by atoms with Crippen molar-refractivity contribution < 1.29 is 9.18 Å². The van der Waals surface area contributed by atoms with E-state index in [0.29, 0.717) is 12.2 Å². The molecule has 2 aromatic rings. The molecule has 1 heterocycles. The molecule has 0 saturated carbocycles. The van der Waals surface area contributed by atoms with Crippen LogP contribution in [0.2, 0.25) is 5.02 Å². The van der Waals surface area contributed by atoms with Crippen molar-refractivity contribution in [2.45, 2.75) is 0 Å². The fourth-order valence-corrected chi connectivity index (χ4v) is 3.00. The lowest BCUT2D eigenvalue weighted by Gasteiger charge is -2.35. The predicted molar refractivity (Wildman–Crippen MR) is 95.1 cm³/mol. The van der Waals surface area contributed by atoms with Gasteiger partial charge in [-0.25, -0.2) is 4.39 Å². The van der Waals surface area contributed by atoms with Gasteiger partial charge in [-0.2, -0.15) is 0 Å². The molecule has 1 saturated heterocycles. The number of rotatable bonds is 4. The number of para-hydroxylation sites is 1. The number of halogens is 2. The lowest BCUT2D eigenvalue weighted by molar-refractivity contribution is -0.117. The molecule has 1 aliphatic heterocycles. The van der Waals surface area contributed by atoms with Crippen molar-refractivity contribution in [3.8, 4) is 0 Å². The van der Waals surface area contributed by atoms with Crippen LogP contribution in [0.15, 0.2) is 48.5 Å². The second kappa shape index (κ2) is 7.64. The van der Waals surface area contributed by atoms with Crippen LogP contribution in [0, 0.1) is 5.82 Å². The molecule has 6 heteroatoms. The Morgan fingerprint density at radius 1 is 1.08 bits per heavy atom. The molecule has 3 rings (SSSR count). The molecule has 0 bridgehead atoms. The van der Waals surface area contributed by atoms with E-state index in [0.717, 1.165) is 26.2 Å². The maximum Gasteiger partial charge on any atom is 0.238 e. The van der Waals surface area contributed by atoms with E-state index in [4.69, 9.17) is 11.6 Å². The third-order valence-corrected chi connectivity index (χ3v) is 4.38. The number of carbonyl (C=O) groups excluding carboxylic acids is 1. The first-order chi connectivity index (χ1) is 11.6. The first-order valence-corrected chi connectivity index (χ1v) is 8.27. The zero-order chi connectivity index (χ0) is 16.9. The normalized spacial score (nSPS) is 15.3. The highest BCUT2D eigenvalue weighted by atomic mass is 35.5. The minimum atomic E-state index is -0.421. The van der Waals surface area contributed by atoms with Gasteiger partial charge < -0.3 is 10.2 Å². The highest BCUT2D eigenvalue weighted by molar-refractivity contribution is 6.33. The Hall–Kier alpha value is -2.11. The van der Waals surface area contributed by atoms with E-state index in [1.807, 2.05) is 18.2 Å². The summed E-state index contributed by atoms with van der Waals surface area (Å²) in [5.74, 6) is -0.563. The SMILES string of the molecule is O=C(CN1CCN(c2ccccc2)CC1)Nc1ccc(F)cc1Cl. The van der Waals surface area contributed by atoms with Gasteiger partial charge in [0.1, 0.15) is 5.82 Å². The van der Waals surface area contributed by atoms with Gasteiger partial charge in [-0.15, -0.1) is 0 Å². The average molecular weight is 348 g/mol. The lowest BCUT2D eigenvalue weighted by Crippen LogP contribution is -2.48. The van der Waals surface area contributed by atoms with Crippen LogP contribution in [-0.4, -0.2) is 43.5 Å². The molecule has 0 aliphatic carbocycles. The van der Waals surface area contributed by atoms with Gasteiger partial charge in [0.25, 0.3) is 0 Å². The van der Waals surface area contributed by atoms with Gasteiger partial charge >= 0.3 is 0 Å². The summed E-state index contributed by atoms with van der Waals surface area (Å²) in [5, 5.41) is 2.94. The minimum absolute atomic E-state index is 0.142. The van der Waals surface area contributed by atoms with E-state index in [1.54, 1.807) is 0 Å². The molecule has 0 spiro atoms. The Morgan fingerprint density at radius 3 is 2.46 bits per heavy atom. The van der Waals surface area contributed by atoms with Crippen molar-refractivity contribution in [2.75, 3.05) is 42.9 Å². The Morgan fingerprint density at radius 2 is 1.79 bits per heavy atom. The Balaban J connectivity index is 1.50. The highest BCUT2D eigenvalue weighted by Crippen LogP contribution is 2.22. The molecule has 1 amide bonds. The van der Waals surface area contributed by atoms with Crippen LogP contribution < -0.4 is 10.2 Å². The van der Waals surface area contributed by atoms with Crippen molar-refractivity contribution in [3.63, 3.8) is 0 Å². The number of anilines is 2. The molecular weight excluding hydrogens is 329 g/mol. The number of nitrogens with one attached hydrogen (secondary N) is 1. The summed E-state index contributed by atoms with van der Waals surface area (Å²) in [6.07, 6.45) is 0. The number of hydrogen-bond donors (Lipinski definition) is 1. The van der Waals surface area contributed by atoms with E-state index in [2.05, 4.69) is 27.2 Å². The number of nitrogens with zero attached hydrogens (tertiary/aromatic N) is 2. The molecule has 1 aliphatic rings. The van der Waals surface area contributed by atoms with Gasteiger partial charge in [0.2, 0.25) is 5.91 Å². The van der Waals surface area contributed by atoms with E-state index < -0.39 is 5.82 Å². The van der Waals surface area contributed by atoms with Crippen LogP contribution in [0.4, 0.5) is 15.8 Å². The van der Waals surface area contributed by atoms with Gasteiger partial charge in [-0.1, -0.05) is 29.8 Å². The summed E-state index contributed by atoms with van der Waals surface area (Å²) >= 11 is 5.93. The Bertz CT molecular complexity index is 703. The number of benzene rings is 2. The fourth-order valence-electron chi connectivity index (χ4n) is 2.79. The van der Waals surface area contributed by atoms with E-state index >= 15 is 0 Å². The van der Waals surface area contributed by atoms with Gasteiger partial charge in [-0.05, 0) is 30.3 Å². The second-order valence-corrected chi connectivity index (χ2v) is 6.18. The second-order valence-electron chi connectivity index (χ2n) is 5.77. The van der Waals surface area contributed by atoms with Gasteiger partial charge in [0, 0.05) is 31.9 Å². The maximum atomic E-state index is 13.0. The first-order valence-electron chi connectivity index (χ1n) is 7.89. The fraction of sp³-hybridized carbons (Fsp3) is 0.278. The smallest absolute Gasteiger partial charge is 0.238 e. The predicted octanol–water partition coefficient (Wildman–Crippen LogP) is 3.24. The molecule has 1 N–H and O–H groups in total. The molecule has 0 aromatic heterocycles. The zero-order valence-corrected chi connectivity index (χ0v) is 14.0. The molecule has 126 valence electrons. The molecule has 2 aromatic carbocycles. The van der Waals surface area contributed by atoms with Crippen LogP contribution >= 0.6 is 11.6 Å². The number of piperazine rings is 1. The van der Waals surface area contributed by atoms with Crippen LogP contribution in [0.5, 0.6) is 0 Å². The van der Waals surface area contributed by atoms with Gasteiger partial charge in [0.05, 0.1) is 17.3 Å². The highest BCUT2D eigenvalue weighted by Gasteiger charge is 2.19. The molecule has 0 atom stereocenters. The summed E-state index contributed by atoms with van der Waals surface area (Å²) in [5.41, 5.74) is 1.64. The first kappa shape index (κ1) is 16.7. The summed E-state index contributed by atoms with van der Waals surface area (Å²) in [4.78, 5) is 16.6. The number of hydrogen-bond acceptors (Lipinski definition) is 3. The number of amides is 1. The molecule has 4 nitrogen and oxygen atoms in total. The van der Waals surface area contributed by atoms with E-state index in [1.165, 1.54) is 23.9 Å². The van der Waals surface area contributed by atoms with E-state index in [-0.39, 0.29) is 10.9 Å². The van der Waals surface area contributed by atoms with E-state index in [9.17, 15) is 9.18 Å². The van der Waals surface area contributed by atoms with Crippen molar-refractivity contribution in [1.29, 1.82) is 0 Å². The largest absolute Gasteiger partial charge is 0.369 e. The Kier molecular flexibility index (Phi) is 5.33. The monoisotopic (exact) mass is 347 g/mol. The molecule has 1 fully saturated rings. The third kappa shape index (κ3) is 4.24. The topological polar surface area (TPSA) is 35.6 Å². The summed E-state index contributed by atoms with van der Waals surface area (Å²) in [7, 11) is 0. The standard InChI is InChI=1S/C18H19ClFN3O/c19-16-12-14(20)6-7-17(16)21-18(24)13-22-8-10-23(11-9-22)15-4-2-1-3-5-15/h1-7,12H,8-11,13H2,(H,21,24). The average Bonchev–Trinajstić information content (AvgIpc) is 2.59. The molecule has 24 heavy (non-hydrogen) atoms. The third-order valence-electron chi connectivity index (χ3n) is 4.07. The van der Waals surface area contributed by atoms with Crippen LogP contribution in [0.1, 0.15) is 0 Å². The van der Waals surface area contributed by atoms with Crippen molar-refractivity contribution in [3.05, 3.63) is 59.4 Å². The Labute approximate surface area is 145 Å². The van der Waals surface area contributed by atoms with Gasteiger partial charge in [-0.3, -0.25) is 9.69 Å². The molecule has 0 unspecified atom stereocenters. The van der Waals surface area contributed by atoms with Crippen LogP contribution in [0.3, 0.4) is 0 Å². The van der Waals surface area contributed by atoms with Crippen molar-refractivity contribution in [1.82, 2.24) is 4.90 Å². The lowest BCUT2D eigenvalue weighted by atomic mass is 10.2. The van der Waals surface area contributed by atoms with Crippen LogP contribution in [0.25, 0.3) is 0 Å². The zero-order valence-electron chi connectivity index (χ0n) is 13.2. The molecular formula is C18H19ClFN3O. The molecule has 0 radical (unpaired) electrons. The minimum Gasteiger partial charge on any atom is -0.369 e. The van der Waals surface area contributed by atoms with Crippen molar-refractivity contribution >= 4 is 28.9 Å². The van der Waals surface area contributed by atoms with Gasteiger partial charge in [0.15, 0.2) is 0 Å².